The van der Waals surface area contributed by atoms with Gasteiger partial charge in [0.1, 0.15) is 6.04 Å². The molecule has 0 heterocycles. The minimum Gasteiger partial charge on any atom is -0.480 e. The van der Waals surface area contributed by atoms with Gasteiger partial charge in [0, 0.05) is 12.0 Å². The van der Waals surface area contributed by atoms with Gasteiger partial charge >= 0.3 is 12.1 Å². The van der Waals surface area contributed by atoms with E-state index >= 15 is 0 Å². The molecule has 0 radical (unpaired) electrons. The third-order valence-corrected chi connectivity index (χ3v) is 2.26. The molecule has 1 atom stereocenters. The lowest BCUT2D eigenvalue weighted by atomic mass is 10.0. The quantitative estimate of drug-likeness (QED) is 0.763. The predicted octanol–water partition coefficient (Wildman–Crippen LogP) is 1.07. The van der Waals surface area contributed by atoms with Crippen LogP contribution in [0.4, 0.5) is 4.79 Å². The van der Waals surface area contributed by atoms with E-state index < -0.39 is 18.1 Å². The number of carbonyl (C=O) groups excluding carboxylic acids is 2. The van der Waals surface area contributed by atoms with Gasteiger partial charge in [-0.15, -0.1) is 0 Å². The number of ketones is 1. The molecule has 0 aromatic heterocycles. The average Bonchev–Trinajstić information content (AvgIpc) is 2.38. The van der Waals surface area contributed by atoms with Crippen LogP contribution in [0.15, 0.2) is 30.3 Å². The average molecular weight is 251 g/mol. The number of rotatable bonds is 5. The van der Waals surface area contributed by atoms with Crippen LogP contribution in [0.2, 0.25) is 0 Å². The molecule has 96 valence electrons. The summed E-state index contributed by atoms with van der Waals surface area (Å²) in [7, 11) is 1.12. The van der Waals surface area contributed by atoms with Gasteiger partial charge in [0.2, 0.25) is 0 Å². The number of carboxylic acids is 1. The predicted molar refractivity (Wildman–Crippen MR) is 62.4 cm³/mol. The SMILES string of the molecule is COC(=O)N[C@@H](CC(=O)c1ccccc1)C(=O)O. The molecule has 0 aliphatic carbocycles. The molecule has 0 saturated heterocycles. The number of carbonyl (C=O) groups is 3. The van der Waals surface area contributed by atoms with Crippen LogP contribution < -0.4 is 5.32 Å². The summed E-state index contributed by atoms with van der Waals surface area (Å²) in [4.78, 5) is 33.6. The minimum absolute atomic E-state index is 0.325. The molecule has 0 aliphatic heterocycles. The molecule has 0 unspecified atom stereocenters. The number of alkyl carbamates (subject to hydrolysis) is 1. The molecule has 18 heavy (non-hydrogen) atoms. The van der Waals surface area contributed by atoms with E-state index in [0.29, 0.717) is 5.56 Å². The van der Waals surface area contributed by atoms with Crippen molar-refractivity contribution in [3.8, 4) is 0 Å². The van der Waals surface area contributed by atoms with Gasteiger partial charge in [0.05, 0.1) is 7.11 Å². The van der Waals surface area contributed by atoms with E-state index in [1.54, 1.807) is 30.3 Å². The third kappa shape index (κ3) is 3.89. The maximum absolute atomic E-state index is 11.8. The van der Waals surface area contributed by atoms with Crippen LogP contribution in [0.25, 0.3) is 0 Å². The number of amides is 1. The first-order chi connectivity index (χ1) is 8.54. The molecular weight excluding hydrogens is 238 g/mol. The second-order valence-electron chi connectivity index (χ2n) is 3.52. The number of Topliss-reactive ketones (excluding diaryl/α,β-unsaturated/α-hetero) is 1. The fraction of sp³-hybridized carbons (Fsp3) is 0.250. The van der Waals surface area contributed by atoms with Crippen LogP contribution in [-0.4, -0.2) is 36.1 Å². The molecule has 0 saturated carbocycles. The van der Waals surface area contributed by atoms with Crippen molar-refractivity contribution in [3.05, 3.63) is 35.9 Å². The zero-order valence-corrected chi connectivity index (χ0v) is 9.75. The number of hydrogen-bond acceptors (Lipinski definition) is 4. The maximum Gasteiger partial charge on any atom is 0.407 e. The smallest absolute Gasteiger partial charge is 0.407 e. The molecule has 1 amide bonds. The van der Waals surface area contributed by atoms with E-state index in [9.17, 15) is 14.4 Å². The molecule has 0 bridgehead atoms. The van der Waals surface area contributed by atoms with Gasteiger partial charge in [-0.3, -0.25) is 4.79 Å². The zero-order chi connectivity index (χ0) is 13.5. The van der Waals surface area contributed by atoms with Crippen molar-refractivity contribution in [2.45, 2.75) is 12.5 Å². The summed E-state index contributed by atoms with van der Waals surface area (Å²) in [5.74, 6) is -1.65. The van der Waals surface area contributed by atoms with E-state index in [1.807, 2.05) is 0 Å². The number of nitrogens with one attached hydrogen (secondary N) is 1. The van der Waals surface area contributed by atoms with Gasteiger partial charge in [0.15, 0.2) is 5.78 Å². The summed E-state index contributed by atoms with van der Waals surface area (Å²) >= 11 is 0. The number of ether oxygens (including phenoxy) is 1. The van der Waals surface area contributed by atoms with Crippen molar-refractivity contribution in [1.29, 1.82) is 0 Å². The van der Waals surface area contributed by atoms with Crippen molar-refractivity contribution >= 4 is 17.8 Å². The molecular formula is C12H13NO5. The molecule has 1 aromatic carbocycles. The standard InChI is InChI=1S/C12H13NO5/c1-18-12(17)13-9(11(15)16)7-10(14)8-5-3-2-4-6-8/h2-6,9H,7H2,1H3,(H,13,17)(H,15,16)/t9-/m0/s1. The second kappa shape index (κ2) is 6.39. The first kappa shape index (κ1) is 13.7. The van der Waals surface area contributed by atoms with Crippen LogP contribution in [0.5, 0.6) is 0 Å². The van der Waals surface area contributed by atoms with E-state index in [-0.39, 0.29) is 12.2 Å². The molecule has 6 heteroatoms. The largest absolute Gasteiger partial charge is 0.480 e. The van der Waals surface area contributed by atoms with Crippen LogP contribution in [-0.2, 0) is 9.53 Å². The first-order valence-electron chi connectivity index (χ1n) is 5.20. The Kier molecular flexibility index (Phi) is 4.86. The fourth-order valence-corrected chi connectivity index (χ4v) is 1.33. The second-order valence-corrected chi connectivity index (χ2v) is 3.52. The van der Waals surface area contributed by atoms with E-state index in [1.165, 1.54) is 0 Å². The summed E-state index contributed by atoms with van der Waals surface area (Å²) in [6, 6.07) is 6.97. The normalized spacial score (nSPS) is 11.4. The van der Waals surface area contributed by atoms with Gasteiger partial charge < -0.3 is 15.2 Å². The Balaban J connectivity index is 2.70. The van der Waals surface area contributed by atoms with Gasteiger partial charge in [-0.1, -0.05) is 30.3 Å². The van der Waals surface area contributed by atoms with E-state index in [2.05, 4.69) is 10.1 Å². The number of methoxy groups -OCH3 is 1. The molecule has 1 rings (SSSR count). The highest BCUT2D eigenvalue weighted by atomic mass is 16.5. The Hall–Kier alpha value is -2.37. The lowest BCUT2D eigenvalue weighted by Gasteiger charge is -2.12. The minimum atomic E-state index is -1.30. The number of benzene rings is 1. The number of carboxylic acid groups (broad SMARTS) is 1. The monoisotopic (exact) mass is 251 g/mol. The van der Waals surface area contributed by atoms with Gasteiger partial charge in [-0.05, 0) is 0 Å². The van der Waals surface area contributed by atoms with Gasteiger partial charge in [-0.25, -0.2) is 9.59 Å². The van der Waals surface area contributed by atoms with Gasteiger partial charge in [-0.2, -0.15) is 0 Å². The van der Waals surface area contributed by atoms with Crippen LogP contribution >= 0.6 is 0 Å². The van der Waals surface area contributed by atoms with Crippen LogP contribution in [0, 0.1) is 0 Å². The highest BCUT2D eigenvalue weighted by Gasteiger charge is 2.23. The Labute approximate surface area is 104 Å². The Morgan fingerprint density at radius 1 is 1.28 bits per heavy atom. The topological polar surface area (TPSA) is 92.7 Å². The van der Waals surface area contributed by atoms with Crippen molar-refractivity contribution in [3.63, 3.8) is 0 Å². The highest BCUT2D eigenvalue weighted by molar-refractivity contribution is 5.99. The molecule has 2 N–H and O–H groups in total. The van der Waals surface area contributed by atoms with Crippen molar-refractivity contribution in [1.82, 2.24) is 5.32 Å². The first-order valence-corrected chi connectivity index (χ1v) is 5.20. The highest BCUT2D eigenvalue weighted by Crippen LogP contribution is 2.06. The summed E-state index contributed by atoms with van der Waals surface area (Å²) in [6.07, 6.45) is -1.21. The van der Waals surface area contributed by atoms with Crippen molar-refractivity contribution in [2.24, 2.45) is 0 Å². The Morgan fingerprint density at radius 2 is 1.89 bits per heavy atom. The van der Waals surface area contributed by atoms with E-state index in [4.69, 9.17) is 5.11 Å². The maximum atomic E-state index is 11.8. The van der Waals surface area contributed by atoms with Crippen molar-refractivity contribution in [2.75, 3.05) is 7.11 Å². The number of aliphatic carboxylic acids is 1. The Bertz CT molecular complexity index is 443. The lowest BCUT2D eigenvalue weighted by molar-refractivity contribution is -0.139. The molecule has 0 aliphatic rings. The van der Waals surface area contributed by atoms with Crippen LogP contribution in [0.3, 0.4) is 0 Å². The summed E-state index contributed by atoms with van der Waals surface area (Å²) in [6.45, 7) is 0. The summed E-state index contributed by atoms with van der Waals surface area (Å²) < 4.78 is 4.29. The number of hydrogen-bond donors (Lipinski definition) is 2. The molecule has 0 fully saturated rings. The zero-order valence-electron chi connectivity index (χ0n) is 9.75. The van der Waals surface area contributed by atoms with Crippen molar-refractivity contribution < 1.29 is 24.2 Å². The molecule has 0 spiro atoms. The van der Waals surface area contributed by atoms with Gasteiger partial charge in [0.25, 0.3) is 0 Å². The lowest BCUT2D eigenvalue weighted by Crippen LogP contribution is -2.42. The third-order valence-electron chi connectivity index (χ3n) is 2.26. The molecule has 1 aromatic rings. The summed E-state index contributed by atoms with van der Waals surface area (Å²) in [5.41, 5.74) is 0.399. The molecule has 6 nitrogen and oxygen atoms in total. The fourth-order valence-electron chi connectivity index (χ4n) is 1.33. The summed E-state index contributed by atoms with van der Waals surface area (Å²) in [5, 5.41) is 11.0. The van der Waals surface area contributed by atoms with Crippen LogP contribution in [0.1, 0.15) is 16.8 Å². The Morgan fingerprint density at radius 3 is 2.39 bits per heavy atom. The van der Waals surface area contributed by atoms with E-state index in [0.717, 1.165) is 7.11 Å².